The Kier molecular flexibility index (Phi) is 5.33. The van der Waals surface area contributed by atoms with Crippen LogP contribution in [0.15, 0.2) is 74.8 Å². The van der Waals surface area contributed by atoms with Crippen molar-refractivity contribution in [3.63, 3.8) is 0 Å². The number of ether oxygens (including phenoxy) is 1. The Morgan fingerprint density at radius 3 is 2.59 bits per heavy atom. The highest BCUT2D eigenvalue weighted by molar-refractivity contribution is 7.14. The lowest BCUT2D eigenvalue weighted by Crippen LogP contribution is -2.13. The van der Waals surface area contributed by atoms with Crippen molar-refractivity contribution in [3.05, 3.63) is 74.3 Å². The fraction of sp³-hybridized carbons (Fsp3) is 0.100. The smallest absolute Gasteiger partial charge is 0.211 e. The third kappa shape index (κ3) is 3.95. The van der Waals surface area contributed by atoms with E-state index in [-0.39, 0.29) is 0 Å². The highest BCUT2D eigenvalue weighted by Crippen LogP contribution is 2.26. The monoisotopic (exact) mass is 411 g/mol. The molecule has 0 saturated carbocycles. The number of hydrogen-bond acceptors (Lipinski definition) is 6. The topological polar surface area (TPSA) is 38.9 Å². The van der Waals surface area contributed by atoms with Gasteiger partial charge in [-0.25, -0.2) is 9.67 Å². The molecule has 0 aliphatic rings. The van der Waals surface area contributed by atoms with Gasteiger partial charge in [0.1, 0.15) is 5.75 Å². The van der Waals surface area contributed by atoms with E-state index >= 15 is 0 Å². The van der Waals surface area contributed by atoms with E-state index < -0.39 is 0 Å². The van der Waals surface area contributed by atoms with Crippen molar-refractivity contribution in [2.75, 3.05) is 7.11 Å². The van der Waals surface area contributed by atoms with Crippen molar-refractivity contribution in [2.45, 2.75) is 6.92 Å². The molecule has 27 heavy (non-hydrogen) atoms. The summed E-state index contributed by atoms with van der Waals surface area (Å²) in [4.78, 5) is 7.96. The van der Waals surface area contributed by atoms with E-state index in [9.17, 15) is 0 Å². The number of thiophene rings is 2. The Bertz CT molecular complexity index is 1120. The minimum atomic E-state index is 0.788. The molecule has 4 nitrogen and oxygen atoms in total. The van der Waals surface area contributed by atoms with Crippen LogP contribution in [0.2, 0.25) is 0 Å². The third-order valence-electron chi connectivity index (χ3n) is 3.86. The maximum atomic E-state index is 5.31. The number of nitrogens with zero attached hydrogens (tertiary/aromatic N) is 3. The third-order valence-corrected chi connectivity index (χ3v) is 6.55. The van der Waals surface area contributed by atoms with Crippen LogP contribution in [0.25, 0.3) is 10.6 Å². The van der Waals surface area contributed by atoms with E-state index in [0.29, 0.717) is 0 Å². The Labute approximate surface area is 169 Å². The number of methoxy groups -OCH3 is 1. The maximum Gasteiger partial charge on any atom is 0.211 e. The van der Waals surface area contributed by atoms with Crippen LogP contribution in [-0.2, 0) is 0 Å². The van der Waals surface area contributed by atoms with Crippen LogP contribution in [0.1, 0.15) is 11.8 Å². The number of aromatic nitrogens is 1. The van der Waals surface area contributed by atoms with Gasteiger partial charge in [0.2, 0.25) is 4.80 Å². The molecule has 0 fully saturated rings. The minimum Gasteiger partial charge on any atom is -0.497 e. The predicted octanol–water partition coefficient (Wildman–Crippen LogP) is 5.85. The minimum absolute atomic E-state index is 0.788. The summed E-state index contributed by atoms with van der Waals surface area (Å²) in [6.07, 6.45) is 0. The summed E-state index contributed by atoms with van der Waals surface area (Å²) in [5.74, 6) is 0.788. The van der Waals surface area contributed by atoms with Crippen molar-refractivity contribution in [2.24, 2.45) is 10.1 Å². The fourth-order valence-electron chi connectivity index (χ4n) is 2.54. The van der Waals surface area contributed by atoms with Gasteiger partial charge in [-0.15, -0.1) is 34.0 Å². The summed E-state index contributed by atoms with van der Waals surface area (Å²) in [5.41, 5.74) is 2.85. The number of rotatable bonds is 5. The highest BCUT2D eigenvalue weighted by atomic mass is 32.1. The molecule has 0 spiro atoms. The van der Waals surface area contributed by atoms with Crippen LogP contribution in [-0.4, -0.2) is 17.5 Å². The first kappa shape index (κ1) is 17.9. The van der Waals surface area contributed by atoms with Gasteiger partial charge in [-0.3, -0.25) is 0 Å². The van der Waals surface area contributed by atoms with Crippen molar-refractivity contribution >= 4 is 45.4 Å². The molecule has 3 aromatic heterocycles. The zero-order valence-electron chi connectivity index (χ0n) is 14.8. The average Bonchev–Trinajstić information content (AvgIpc) is 3.44. The van der Waals surface area contributed by atoms with Gasteiger partial charge in [0, 0.05) is 11.4 Å². The maximum absolute atomic E-state index is 5.31. The van der Waals surface area contributed by atoms with Gasteiger partial charge in [0.25, 0.3) is 0 Å². The SMILES string of the molecule is COc1cccc(N=c2scc(-c3cccs3)n2N=C(C)c2cccs2)c1. The Morgan fingerprint density at radius 1 is 1.00 bits per heavy atom. The molecule has 7 heteroatoms. The molecule has 1 aromatic carbocycles. The zero-order valence-corrected chi connectivity index (χ0v) is 17.3. The molecule has 0 N–H and O–H groups in total. The fourth-order valence-corrected chi connectivity index (χ4v) is 4.86. The van der Waals surface area contributed by atoms with Crippen LogP contribution in [0.4, 0.5) is 5.69 Å². The average molecular weight is 412 g/mol. The molecular formula is C20H17N3OS3. The van der Waals surface area contributed by atoms with Gasteiger partial charge in [-0.1, -0.05) is 18.2 Å². The van der Waals surface area contributed by atoms with E-state index in [1.165, 1.54) is 4.88 Å². The lowest BCUT2D eigenvalue weighted by atomic mass is 10.3. The van der Waals surface area contributed by atoms with E-state index in [1.807, 2.05) is 41.9 Å². The second-order valence-electron chi connectivity index (χ2n) is 5.67. The molecule has 0 aliphatic carbocycles. The van der Waals surface area contributed by atoms with Crippen molar-refractivity contribution in [1.29, 1.82) is 0 Å². The number of benzene rings is 1. The van der Waals surface area contributed by atoms with E-state index in [0.717, 1.165) is 32.5 Å². The van der Waals surface area contributed by atoms with E-state index in [1.54, 1.807) is 41.1 Å². The largest absolute Gasteiger partial charge is 0.497 e. The molecule has 0 aliphatic heterocycles. The van der Waals surface area contributed by atoms with Gasteiger partial charge >= 0.3 is 0 Å². The van der Waals surface area contributed by atoms with Crippen LogP contribution in [0.3, 0.4) is 0 Å². The molecule has 0 unspecified atom stereocenters. The zero-order chi connectivity index (χ0) is 18.6. The van der Waals surface area contributed by atoms with Gasteiger partial charge in [-0.2, -0.15) is 5.10 Å². The van der Waals surface area contributed by atoms with Gasteiger partial charge in [0.05, 0.1) is 34.0 Å². The first-order valence-electron chi connectivity index (χ1n) is 8.27. The van der Waals surface area contributed by atoms with Crippen LogP contribution < -0.4 is 9.54 Å². The van der Waals surface area contributed by atoms with Crippen molar-refractivity contribution in [1.82, 2.24) is 4.68 Å². The molecule has 0 bridgehead atoms. The lowest BCUT2D eigenvalue weighted by molar-refractivity contribution is 0.415. The summed E-state index contributed by atoms with van der Waals surface area (Å²) in [6.45, 7) is 2.03. The first-order valence-corrected chi connectivity index (χ1v) is 10.9. The molecule has 0 radical (unpaired) electrons. The van der Waals surface area contributed by atoms with Gasteiger partial charge < -0.3 is 4.74 Å². The predicted molar refractivity (Wildman–Crippen MR) is 116 cm³/mol. The number of thiazole rings is 1. The molecular weight excluding hydrogens is 394 g/mol. The second-order valence-corrected chi connectivity index (χ2v) is 8.40. The first-order chi connectivity index (χ1) is 13.2. The summed E-state index contributed by atoms with van der Waals surface area (Å²) >= 11 is 4.96. The summed E-state index contributed by atoms with van der Waals surface area (Å²) < 4.78 is 7.25. The second kappa shape index (κ2) is 8.04. The van der Waals surface area contributed by atoms with Gasteiger partial charge in [-0.05, 0) is 41.9 Å². The highest BCUT2D eigenvalue weighted by Gasteiger charge is 2.10. The van der Waals surface area contributed by atoms with Crippen LogP contribution >= 0.6 is 34.0 Å². The molecule has 3 heterocycles. The van der Waals surface area contributed by atoms with E-state index in [4.69, 9.17) is 14.8 Å². The number of hydrogen-bond donors (Lipinski definition) is 0. The normalized spacial score (nSPS) is 12.5. The Hall–Kier alpha value is -2.48. The molecule has 4 rings (SSSR count). The molecule has 4 aromatic rings. The Balaban J connectivity index is 1.87. The van der Waals surface area contributed by atoms with E-state index in [2.05, 4.69) is 34.3 Å². The van der Waals surface area contributed by atoms with Crippen LogP contribution in [0, 0.1) is 0 Å². The van der Waals surface area contributed by atoms with Crippen molar-refractivity contribution in [3.8, 4) is 16.3 Å². The summed E-state index contributed by atoms with van der Waals surface area (Å²) in [7, 11) is 1.66. The molecule has 0 amide bonds. The molecule has 0 saturated heterocycles. The Morgan fingerprint density at radius 2 is 1.85 bits per heavy atom. The standard InChI is InChI=1S/C20H17N3OS3/c1-14(18-8-4-10-25-18)22-23-17(19-9-5-11-26-19)13-27-20(23)21-15-6-3-7-16(12-15)24-2/h3-13H,1-2H3. The van der Waals surface area contributed by atoms with Crippen LogP contribution in [0.5, 0.6) is 5.75 Å². The lowest BCUT2D eigenvalue weighted by Gasteiger charge is -2.04. The molecule has 0 atom stereocenters. The summed E-state index contributed by atoms with van der Waals surface area (Å²) in [5, 5.41) is 11.1. The van der Waals surface area contributed by atoms with Crippen molar-refractivity contribution < 1.29 is 4.74 Å². The summed E-state index contributed by atoms with van der Waals surface area (Å²) in [6, 6.07) is 16.0. The van der Waals surface area contributed by atoms with Gasteiger partial charge in [0.15, 0.2) is 0 Å². The quantitative estimate of drug-likeness (QED) is 0.380. The molecule has 136 valence electrons.